The SMILES string of the molecule is C/C=C\CCC=NCCCC. The Morgan fingerprint density at radius 2 is 2.09 bits per heavy atom. The zero-order valence-electron chi connectivity index (χ0n) is 7.71. The van der Waals surface area contributed by atoms with Crippen LogP contribution < -0.4 is 0 Å². The molecule has 0 atom stereocenters. The monoisotopic (exact) mass is 153 g/mol. The van der Waals surface area contributed by atoms with Gasteiger partial charge in [-0.3, -0.25) is 4.99 Å². The number of aliphatic imine (C=N–C) groups is 1. The number of hydrogen-bond acceptors (Lipinski definition) is 1. The molecule has 0 aromatic heterocycles. The Balaban J connectivity index is 3.03. The van der Waals surface area contributed by atoms with Crippen molar-refractivity contribution in [3.05, 3.63) is 12.2 Å². The average molecular weight is 153 g/mol. The van der Waals surface area contributed by atoms with Gasteiger partial charge in [0.15, 0.2) is 0 Å². The first-order chi connectivity index (χ1) is 5.41. The van der Waals surface area contributed by atoms with Crippen molar-refractivity contribution in [1.29, 1.82) is 0 Å². The van der Waals surface area contributed by atoms with Crippen molar-refractivity contribution in [2.75, 3.05) is 6.54 Å². The highest BCUT2D eigenvalue weighted by molar-refractivity contribution is 5.57. The van der Waals surface area contributed by atoms with Crippen LogP contribution in [-0.4, -0.2) is 12.8 Å². The maximum Gasteiger partial charge on any atom is 0.0385 e. The molecule has 0 aliphatic rings. The molecule has 0 saturated carbocycles. The van der Waals surface area contributed by atoms with Crippen molar-refractivity contribution in [1.82, 2.24) is 0 Å². The minimum absolute atomic E-state index is 1.01. The maximum absolute atomic E-state index is 4.27. The Kier molecular flexibility index (Phi) is 8.91. The van der Waals surface area contributed by atoms with Gasteiger partial charge in [-0.1, -0.05) is 25.5 Å². The smallest absolute Gasteiger partial charge is 0.0385 e. The van der Waals surface area contributed by atoms with Crippen LogP contribution in [0.1, 0.15) is 39.5 Å². The first-order valence-electron chi connectivity index (χ1n) is 4.51. The second-order valence-electron chi connectivity index (χ2n) is 2.59. The van der Waals surface area contributed by atoms with Gasteiger partial charge in [0.2, 0.25) is 0 Å². The Bertz CT molecular complexity index is 114. The lowest BCUT2D eigenvalue weighted by molar-refractivity contribution is 0.808. The molecular weight excluding hydrogens is 134 g/mol. The van der Waals surface area contributed by atoms with Crippen molar-refractivity contribution in [2.45, 2.75) is 39.5 Å². The molecular formula is C10H19N. The molecule has 0 rings (SSSR count). The van der Waals surface area contributed by atoms with Gasteiger partial charge in [0, 0.05) is 6.54 Å². The summed E-state index contributed by atoms with van der Waals surface area (Å²) in [7, 11) is 0. The number of rotatable bonds is 6. The van der Waals surface area contributed by atoms with Gasteiger partial charge in [-0.2, -0.15) is 0 Å². The molecule has 64 valence electrons. The first kappa shape index (κ1) is 10.4. The predicted octanol–water partition coefficient (Wildman–Crippen LogP) is 3.21. The molecule has 11 heavy (non-hydrogen) atoms. The van der Waals surface area contributed by atoms with Crippen LogP contribution in [0.2, 0.25) is 0 Å². The quantitative estimate of drug-likeness (QED) is 0.315. The molecule has 0 N–H and O–H groups in total. The van der Waals surface area contributed by atoms with Crippen LogP contribution >= 0.6 is 0 Å². The molecule has 0 aliphatic heterocycles. The highest BCUT2D eigenvalue weighted by Gasteiger charge is 1.78. The minimum atomic E-state index is 1.01. The molecule has 1 heteroatoms. The summed E-state index contributed by atoms with van der Waals surface area (Å²) in [5, 5.41) is 0. The minimum Gasteiger partial charge on any atom is -0.298 e. The summed E-state index contributed by atoms with van der Waals surface area (Å²) in [4.78, 5) is 4.27. The summed E-state index contributed by atoms with van der Waals surface area (Å²) >= 11 is 0. The summed E-state index contributed by atoms with van der Waals surface area (Å²) in [6.45, 7) is 5.25. The van der Waals surface area contributed by atoms with E-state index in [2.05, 4.69) is 24.1 Å². The molecule has 0 spiro atoms. The van der Waals surface area contributed by atoms with E-state index in [0.29, 0.717) is 0 Å². The Hall–Kier alpha value is -0.590. The molecule has 0 radical (unpaired) electrons. The summed E-state index contributed by atoms with van der Waals surface area (Å²) in [5.41, 5.74) is 0. The summed E-state index contributed by atoms with van der Waals surface area (Å²) in [5.74, 6) is 0. The van der Waals surface area contributed by atoms with Crippen LogP contribution in [-0.2, 0) is 0 Å². The second kappa shape index (κ2) is 9.41. The zero-order chi connectivity index (χ0) is 8.36. The zero-order valence-corrected chi connectivity index (χ0v) is 7.71. The summed E-state index contributed by atoms with van der Waals surface area (Å²) < 4.78 is 0. The van der Waals surface area contributed by atoms with E-state index >= 15 is 0 Å². The molecule has 0 unspecified atom stereocenters. The van der Waals surface area contributed by atoms with Gasteiger partial charge >= 0.3 is 0 Å². The second-order valence-corrected chi connectivity index (χ2v) is 2.59. The van der Waals surface area contributed by atoms with Crippen LogP contribution in [0.5, 0.6) is 0 Å². The molecule has 0 heterocycles. The van der Waals surface area contributed by atoms with E-state index in [-0.39, 0.29) is 0 Å². The van der Waals surface area contributed by atoms with Crippen molar-refractivity contribution in [3.8, 4) is 0 Å². The van der Waals surface area contributed by atoms with Crippen LogP contribution in [0.15, 0.2) is 17.1 Å². The van der Waals surface area contributed by atoms with Crippen molar-refractivity contribution >= 4 is 6.21 Å². The number of allylic oxidation sites excluding steroid dienone is 2. The Labute approximate surface area is 70.2 Å². The lowest BCUT2D eigenvalue weighted by atomic mass is 10.3. The standard InChI is InChI=1S/C10H19N/c1-3-5-7-8-10-11-9-6-4-2/h3,5,10H,4,6-9H2,1-2H3/b5-3-,11-10?. The van der Waals surface area contributed by atoms with Gasteiger partial charge in [-0.25, -0.2) is 0 Å². The molecule has 1 nitrogen and oxygen atoms in total. The third-order valence-corrected chi connectivity index (χ3v) is 1.47. The van der Waals surface area contributed by atoms with Gasteiger partial charge < -0.3 is 0 Å². The fourth-order valence-electron chi connectivity index (χ4n) is 0.769. The summed E-state index contributed by atoms with van der Waals surface area (Å²) in [6, 6.07) is 0. The van der Waals surface area contributed by atoms with Crippen molar-refractivity contribution < 1.29 is 0 Å². The predicted molar refractivity (Wildman–Crippen MR) is 52.3 cm³/mol. The molecule has 0 bridgehead atoms. The fraction of sp³-hybridized carbons (Fsp3) is 0.700. The molecule has 0 amide bonds. The van der Waals surface area contributed by atoms with E-state index in [9.17, 15) is 0 Å². The van der Waals surface area contributed by atoms with Gasteiger partial charge in [0.25, 0.3) is 0 Å². The lowest BCUT2D eigenvalue weighted by Crippen LogP contribution is -1.80. The van der Waals surface area contributed by atoms with E-state index in [0.717, 1.165) is 19.4 Å². The molecule has 0 aliphatic carbocycles. The van der Waals surface area contributed by atoms with Crippen LogP contribution in [0.4, 0.5) is 0 Å². The van der Waals surface area contributed by atoms with Crippen molar-refractivity contribution in [3.63, 3.8) is 0 Å². The fourth-order valence-corrected chi connectivity index (χ4v) is 0.769. The normalized spacial score (nSPS) is 11.8. The number of hydrogen-bond donors (Lipinski definition) is 0. The van der Waals surface area contributed by atoms with E-state index < -0.39 is 0 Å². The number of unbranched alkanes of at least 4 members (excludes halogenated alkanes) is 2. The van der Waals surface area contributed by atoms with Gasteiger partial charge in [0.05, 0.1) is 0 Å². The molecule has 0 aromatic rings. The van der Waals surface area contributed by atoms with Crippen LogP contribution in [0, 0.1) is 0 Å². The molecule has 0 aromatic carbocycles. The lowest BCUT2D eigenvalue weighted by Gasteiger charge is -1.88. The third-order valence-electron chi connectivity index (χ3n) is 1.47. The van der Waals surface area contributed by atoms with Gasteiger partial charge in [-0.05, 0) is 32.4 Å². The van der Waals surface area contributed by atoms with E-state index in [1.165, 1.54) is 12.8 Å². The first-order valence-corrected chi connectivity index (χ1v) is 4.51. The van der Waals surface area contributed by atoms with E-state index in [1.54, 1.807) is 0 Å². The van der Waals surface area contributed by atoms with Crippen molar-refractivity contribution in [2.24, 2.45) is 4.99 Å². The highest BCUT2D eigenvalue weighted by Crippen LogP contribution is 1.89. The molecule has 0 saturated heterocycles. The highest BCUT2D eigenvalue weighted by atomic mass is 14.7. The van der Waals surface area contributed by atoms with Crippen LogP contribution in [0.3, 0.4) is 0 Å². The van der Waals surface area contributed by atoms with E-state index in [4.69, 9.17) is 0 Å². The molecule has 0 fully saturated rings. The topological polar surface area (TPSA) is 12.4 Å². The summed E-state index contributed by atoms with van der Waals surface area (Å²) in [6.07, 6.45) is 11.0. The van der Waals surface area contributed by atoms with E-state index in [1.807, 2.05) is 13.1 Å². The van der Waals surface area contributed by atoms with Crippen LogP contribution in [0.25, 0.3) is 0 Å². The largest absolute Gasteiger partial charge is 0.298 e. The maximum atomic E-state index is 4.27. The van der Waals surface area contributed by atoms with Gasteiger partial charge in [0.1, 0.15) is 0 Å². The average Bonchev–Trinajstić information content (AvgIpc) is 2.03. The third kappa shape index (κ3) is 9.41. The Morgan fingerprint density at radius 1 is 1.27 bits per heavy atom. The number of nitrogens with zero attached hydrogens (tertiary/aromatic N) is 1. The van der Waals surface area contributed by atoms with Gasteiger partial charge in [-0.15, -0.1) is 0 Å². The Morgan fingerprint density at radius 3 is 2.73 bits per heavy atom.